The summed E-state index contributed by atoms with van der Waals surface area (Å²) >= 11 is 0. The molecule has 0 unspecified atom stereocenters. The Hall–Kier alpha value is -1.89. The minimum Gasteiger partial charge on any atom is -0.216 e. The van der Waals surface area contributed by atoms with Gasteiger partial charge < -0.3 is 0 Å². The highest BCUT2D eigenvalue weighted by atomic mass is 19.1. The molecule has 1 aliphatic carbocycles. The van der Waals surface area contributed by atoms with Gasteiger partial charge in [0, 0.05) is 0 Å². The van der Waals surface area contributed by atoms with Gasteiger partial charge in [-0.05, 0) is 66.2 Å². The molecule has 0 radical (unpaired) electrons. The molecule has 0 spiro atoms. The van der Waals surface area contributed by atoms with Crippen LogP contribution in [0.5, 0.6) is 0 Å². The van der Waals surface area contributed by atoms with E-state index in [0.29, 0.717) is 18.2 Å². The maximum absolute atomic E-state index is 12.3. The average Bonchev–Trinajstić information content (AvgIpc) is 2.64. The lowest BCUT2D eigenvalue weighted by Gasteiger charge is -2.27. The first-order valence-corrected chi connectivity index (χ1v) is 9.26. The molecule has 2 aromatic rings. The van der Waals surface area contributed by atoms with Crippen molar-refractivity contribution in [2.45, 2.75) is 51.4 Å². The van der Waals surface area contributed by atoms with Crippen molar-refractivity contribution in [1.82, 2.24) is 0 Å². The van der Waals surface area contributed by atoms with Crippen molar-refractivity contribution in [1.29, 1.82) is 0 Å². The van der Waals surface area contributed by atoms with E-state index in [1.165, 1.54) is 41.5 Å². The lowest BCUT2D eigenvalue weighted by molar-refractivity contribution is 0.373. The molecule has 3 rings (SSSR count). The molecule has 0 atom stereocenters. The number of hydrogen-bond donors (Lipinski definition) is 0. The molecule has 0 heterocycles. The third-order valence-electron chi connectivity index (χ3n) is 5.32. The molecule has 0 N–H and O–H groups in total. The first-order valence-electron chi connectivity index (χ1n) is 9.26. The average molecular weight is 322 g/mol. The van der Waals surface area contributed by atoms with E-state index < -0.39 is 0 Å². The molecular formula is C23H27F. The zero-order chi connectivity index (χ0) is 16.8. The van der Waals surface area contributed by atoms with Crippen LogP contribution in [-0.2, 0) is 6.42 Å². The summed E-state index contributed by atoms with van der Waals surface area (Å²) in [4.78, 5) is 0. The van der Waals surface area contributed by atoms with Crippen molar-refractivity contribution in [3.63, 3.8) is 0 Å². The largest absolute Gasteiger partial charge is 0.216 e. The van der Waals surface area contributed by atoms with Crippen molar-refractivity contribution < 1.29 is 4.39 Å². The first-order chi connectivity index (χ1) is 11.8. The Labute approximate surface area is 145 Å². The van der Waals surface area contributed by atoms with Crippen LogP contribution in [0.4, 0.5) is 4.39 Å². The summed E-state index contributed by atoms with van der Waals surface area (Å²) in [6.45, 7) is 2.22. The van der Waals surface area contributed by atoms with Gasteiger partial charge in [-0.15, -0.1) is 0 Å². The van der Waals surface area contributed by atoms with Crippen molar-refractivity contribution >= 4 is 0 Å². The molecule has 1 aliphatic rings. The molecule has 2 aromatic carbocycles. The fourth-order valence-electron chi connectivity index (χ4n) is 3.85. The van der Waals surface area contributed by atoms with Crippen LogP contribution in [0.1, 0.15) is 56.1 Å². The van der Waals surface area contributed by atoms with Gasteiger partial charge in [0.2, 0.25) is 0 Å². The number of rotatable bonds is 5. The fourth-order valence-corrected chi connectivity index (χ4v) is 3.85. The van der Waals surface area contributed by atoms with Crippen LogP contribution >= 0.6 is 0 Å². The van der Waals surface area contributed by atoms with Crippen molar-refractivity contribution in [3.05, 3.63) is 72.1 Å². The van der Waals surface area contributed by atoms with E-state index in [-0.39, 0.29) is 0 Å². The van der Waals surface area contributed by atoms with E-state index in [0.717, 1.165) is 19.3 Å². The van der Waals surface area contributed by atoms with Crippen LogP contribution in [0.2, 0.25) is 0 Å². The van der Waals surface area contributed by atoms with Gasteiger partial charge in [-0.3, -0.25) is 0 Å². The first kappa shape index (κ1) is 17.0. The number of halogens is 1. The molecule has 0 nitrogen and oxygen atoms in total. The van der Waals surface area contributed by atoms with E-state index >= 15 is 0 Å². The molecule has 0 amide bonds. The summed E-state index contributed by atoms with van der Waals surface area (Å²) in [5, 5.41) is 0. The monoisotopic (exact) mass is 322 g/mol. The Bertz CT molecular complexity index is 643. The van der Waals surface area contributed by atoms with E-state index in [1.54, 1.807) is 6.08 Å². The molecule has 126 valence electrons. The van der Waals surface area contributed by atoms with Gasteiger partial charge in [-0.2, -0.15) is 0 Å². The van der Waals surface area contributed by atoms with Gasteiger partial charge in [-0.25, -0.2) is 4.39 Å². The van der Waals surface area contributed by atoms with Gasteiger partial charge >= 0.3 is 0 Å². The topological polar surface area (TPSA) is 0 Å². The van der Waals surface area contributed by atoms with Crippen molar-refractivity contribution in [2.24, 2.45) is 5.92 Å². The molecule has 0 aliphatic heterocycles. The number of aryl methyl sites for hydroxylation is 1. The second kappa shape index (κ2) is 8.28. The summed E-state index contributed by atoms with van der Waals surface area (Å²) in [6, 6.07) is 18.0. The lowest BCUT2D eigenvalue weighted by atomic mass is 9.78. The van der Waals surface area contributed by atoms with Crippen LogP contribution < -0.4 is 0 Å². The van der Waals surface area contributed by atoms with E-state index in [2.05, 4.69) is 55.5 Å². The van der Waals surface area contributed by atoms with Gasteiger partial charge in [0.25, 0.3) is 0 Å². The van der Waals surface area contributed by atoms with E-state index in [4.69, 9.17) is 0 Å². The van der Waals surface area contributed by atoms with Crippen LogP contribution in [0.3, 0.4) is 0 Å². The Balaban J connectivity index is 1.65. The molecule has 0 aromatic heterocycles. The normalized spacial score (nSPS) is 21.2. The smallest absolute Gasteiger partial charge is 0.0829 e. The number of benzene rings is 2. The third kappa shape index (κ3) is 4.14. The number of allylic oxidation sites excluding steroid dienone is 1. The number of hydrogen-bond acceptors (Lipinski definition) is 0. The summed E-state index contributed by atoms with van der Waals surface area (Å²) in [5.41, 5.74) is 5.43. The van der Waals surface area contributed by atoms with Gasteiger partial charge in [-0.1, -0.05) is 68.0 Å². The molecule has 24 heavy (non-hydrogen) atoms. The molecule has 1 fully saturated rings. The van der Waals surface area contributed by atoms with Gasteiger partial charge in [0.05, 0.1) is 6.33 Å². The molecule has 0 saturated heterocycles. The van der Waals surface area contributed by atoms with Crippen molar-refractivity contribution in [3.8, 4) is 11.1 Å². The quantitative estimate of drug-likeness (QED) is 0.552. The van der Waals surface area contributed by atoms with Gasteiger partial charge in [0.1, 0.15) is 0 Å². The Morgan fingerprint density at radius 3 is 2.00 bits per heavy atom. The molecule has 1 saturated carbocycles. The minimum absolute atomic E-state index is 0.437. The Morgan fingerprint density at radius 1 is 0.875 bits per heavy atom. The maximum atomic E-state index is 12.3. The summed E-state index contributed by atoms with van der Waals surface area (Å²) in [7, 11) is 0. The highest BCUT2D eigenvalue weighted by Gasteiger charge is 2.20. The van der Waals surface area contributed by atoms with Crippen LogP contribution in [-0.4, -0.2) is 0 Å². The predicted molar refractivity (Wildman–Crippen MR) is 101 cm³/mol. The highest BCUT2D eigenvalue weighted by Crippen LogP contribution is 2.37. The van der Waals surface area contributed by atoms with Crippen LogP contribution in [0, 0.1) is 5.92 Å². The zero-order valence-electron chi connectivity index (χ0n) is 14.5. The standard InChI is InChI=1S/C23H27F/c1-2-3-18-4-8-20(9-5-18)22-12-14-23(15-13-22)21-10-6-19(7-11-21)16-17-24/h4-5,8-9,12-17,19,21H,2-3,6-7,10-11H2,1H3/t19-,21-. The maximum Gasteiger partial charge on any atom is 0.0829 e. The molecule has 1 heteroatoms. The lowest BCUT2D eigenvalue weighted by Crippen LogP contribution is -2.11. The fraction of sp³-hybridized carbons (Fsp3) is 0.391. The Morgan fingerprint density at radius 2 is 1.46 bits per heavy atom. The zero-order valence-corrected chi connectivity index (χ0v) is 14.5. The summed E-state index contributed by atoms with van der Waals surface area (Å²) in [6.07, 6.45) is 9.32. The third-order valence-corrected chi connectivity index (χ3v) is 5.32. The van der Waals surface area contributed by atoms with E-state index in [9.17, 15) is 4.39 Å². The van der Waals surface area contributed by atoms with Crippen molar-refractivity contribution in [2.75, 3.05) is 0 Å². The summed E-state index contributed by atoms with van der Waals surface area (Å²) < 4.78 is 12.3. The SMILES string of the molecule is CCCc1ccc(-c2ccc([C@H]3CC[C@H](C=CF)CC3)cc2)cc1. The minimum atomic E-state index is 0.437. The molecular weight excluding hydrogens is 295 g/mol. The second-order valence-corrected chi connectivity index (χ2v) is 7.00. The van der Waals surface area contributed by atoms with Crippen LogP contribution in [0.25, 0.3) is 11.1 Å². The van der Waals surface area contributed by atoms with E-state index in [1.807, 2.05) is 0 Å². The van der Waals surface area contributed by atoms with Gasteiger partial charge in [0.15, 0.2) is 0 Å². The second-order valence-electron chi connectivity index (χ2n) is 7.00. The highest BCUT2D eigenvalue weighted by molar-refractivity contribution is 5.64. The van der Waals surface area contributed by atoms with Crippen LogP contribution in [0.15, 0.2) is 60.9 Å². The Kier molecular flexibility index (Phi) is 5.85. The molecule has 0 bridgehead atoms. The predicted octanol–water partition coefficient (Wildman–Crippen LogP) is 7.06. The summed E-state index contributed by atoms with van der Waals surface area (Å²) in [5.74, 6) is 1.07.